The van der Waals surface area contributed by atoms with Gasteiger partial charge in [0.2, 0.25) is 5.91 Å². The highest BCUT2D eigenvalue weighted by molar-refractivity contribution is 6.00. The van der Waals surface area contributed by atoms with Gasteiger partial charge in [0.15, 0.2) is 5.75 Å². The number of anilines is 1. The normalized spacial score (nSPS) is 15.6. The van der Waals surface area contributed by atoms with Crippen LogP contribution in [-0.4, -0.2) is 19.1 Å². The predicted molar refractivity (Wildman–Crippen MR) is 110 cm³/mol. The van der Waals surface area contributed by atoms with E-state index in [0.717, 1.165) is 11.3 Å². The molecule has 0 radical (unpaired) electrons. The van der Waals surface area contributed by atoms with Gasteiger partial charge in [-0.3, -0.25) is 4.79 Å². The van der Waals surface area contributed by atoms with Crippen LogP contribution in [0.2, 0.25) is 0 Å². The van der Waals surface area contributed by atoms with E-state index in [1.807, 2.05) is 84.9 Å². The molecule has 0 bridgehead atoms. The summed E-state index contributed by atoms with van der Waals surface area (Å²) >= 11 is 0. The average Bonchev–Trinajstić information content (AvgIpc) is 2.77. The molecule has 1 N–H and O–H groups in total. The van der Waals surface area contributed by atoms with Crippen LogP contribution in [0.4, 0.5) is 5.69 Å². The lowest BCUT2D eigenvalue weighted by Crippen LogP contribution is -2.44. The van der Waals surface area contributed by atoms with Crippen LogP contribution in [0.15, 0.2) is 84.9 Å². The smallest absolute Gasteiger partial charge is 0.235 e. The SMILES string of the molecule is O=C(Nc1ccccc1Oc1ccccc1)C1(c2ccccc2)CCOCC1. The van der Waals surface area contributed by atoms with Gasteiger partial charge in [-0.1, -0.05) is 60.7 Å². The van der Waals surface area contributed by atoms with E-state index in [2.05, 4.69) is 5.32 Å². The van der Waals surface area contributed by atoms with Crippen LogP contribution in [0.1, 0.15) is 18.4 Å². The first-order valence-corrected chi connectivity index (χ1v) is 9.55. The van der Waals surface area contributed by atoms with Crippen LogP contribution < -0.4 is 10.1 Å². The third-order valence-corrected chi connectivity index (χ3v) is 5.21. The lowest BCUT2D eigenvalue weighted by atomic mass is 9.73. The Morgan fingerprint density at radius 1 is 0.821 bits per heavy atom. The van der Waals surface area contributed by atoms with Crippen molar-refractivity contribution >= 4 is 11.6 Å². The van der Waals surface area contributed by atoms with Crippen molar-refractivity contribution in [2.24, 2.45) is 0 Å². The molecule has 1 amide bonds. The summed E-state index contributed by atoms with van der Waals surface area (Å²) in [5.41, 5.74) is 1.09. The first-order chi connectivity index (χ1) is 13.8. The van der Waals surface area contributed by atoms with Crippen molar-refractivity contribution in [2.75, 3.05) is 18.5 Å². The molecule has 0 saturated carbocycles. The van der Waals surface area contributed by atoms with Crippen LogP contribution in [0.3, 0.4) is 0 Å². The maximum absolute atomic E-state index is 13.5. The lowest BCUT2D eigenvalue weighted by Gasteiger charge is -2.36. The number of carbonyl (C=O) groups is 1. The molecule has 0 unspecified atom stereocenters. The fourth-order valence-corrected chi connectivity index (χ4v) is 3.64. The number of hydrogen-bond donors (Lipinski definition) is 1. The Hall–Kier alpha value is -3.11. The van der Waals surface area contributed by atoms with Crippen LogP contribution >= 0.6 is 0 Å². The Morgan fingerprint density at radius 3 is 2.14 bits per heavy atom. The zero-order valence-corrected chi connectivity index (χ0v) is 15.6. The van der Waals surface area contributed by atoms with Gasteiger partial charge in [-0.05, 0) is 42.7 Å². The van der Waals surface area contributed by atoms with E-state index in [-0.39, 0.29) is 5.91 Å². The quantitative estimate of drug-likeness (QED) is 0.671. The van der Waals surface area contributed by atoms with Crippen molar-refractivity contribution < 1.29 is 14.3 Å². The fourth-order valence-electron chi connectivity index (χ4n) is 3.64. The van der Waals surface area contributed by atoms with Crippen molar-refractivity contribution in [1.29, 1.82) is 0 Å². The molecule has 4 heteroatoms. The maximum Gasteiger partial charge on any atom is 0.235 e. The molecule has 3 aromatic carbocycles. The number of rotatable bonds is 5. The molecule has 4 nitrogen and oxygen atoms in total. The van der Waals surface area contributed by atoms with Crippen LogP contribution in [0.25, 0.3) is 0 Å². The number of benzene rings is 3. The second-order valence-corrected chi connectivity index (χ2v) is 6.93. The number of ether oxygens (including phenoxy) is 2. The lowest BCUT2D eigenvalue weighted by molar-refractivity contribution is -0.125. The number of carbonyl (C=O) groups excluding carboxylic acids is 1. The predicted octanol–water partition coefficient (Wildman–Crippen LogP) is 5.17. The van der Waals surface area contributed by atoms with Crippen molar-refractivity contribution in [2.45, 2.75) is 18.3 Å². The summed E-state index contributed by atoms with van der Waals surface area (Å²) < 4.78 is 11.5. The van der Waals surface area contributed by atoms with Gasteiger partial charge in [-0.2, -0.15) is 0 Å². The molecule has 28 heavy (non-hydrogen) atoms. The van der Waals surface area contributed by atoms with Gasteiger partial charge in [0.25, 0.3) is 0 Å². The standard InChI is InChI=1S/C24H23NO3/c26-23(24(15-17-27-18-16-24)19-9-3-1-4-10-19)25-21-13-7-8-14-22(21)28-20-11-5-2-6-12-20/h1-14H,15-18H2,(H,25,26). The third kappa shape index (κ3) is 3.78. The molecule has 1 saturated heterocycles. The third-order valence-electron chi connectivity index (χ3n) is 5.21. The van der Waals surface area contributed by atoms with Crippen LogP contribution in [0, 0.1) is 0 Å². The molecule has 3 aromatic rings. The maximum atomic E-state index is 13.5. The highest BCUT2D eigenvalue weighted by Gasteiger charge is 2.41. The molecule has 142 valence electrons. The molecular weight excluding hydrogens is 350 g/mol. The summed E-state index contributed by atoms with van der Waals surface area (Å²) in [6.45, 7) is 1.15. The highest BCUT2D eigenvalue weighted by Crippen LogP contribution is 2.37. The molecule has 1 heterocycles. The molecule has 0 atom stereocenters. The molecule has 0 aromatic heterocycles. The first kappa shape index (κ1) is 18.3. The van der Waals surface area contributed by atoms with Gasteiger partial charge in [0.1, 0.15) is 5.75 Å². The van der Waals surface area contributed by atoms with Gasteiger partial charge in [0.05, 0.1) is 11.1 Å². The summed E-state index contributed by atoms with van der Waals surface area (Å²) in [6.07, 6.45) is 1.31. The van der Waals surface area contributed by atoms with E-state index in [4.69, 9.17) is 9.47 Å². The molecule has 0 aliphatic carbocycles. The number of para-hydroxylation sites is 3. The van der Waals surface area contributed by atoms with Gasteiger partial charge in [-0.15, -0.1) is 0 Å². The van der Waals surface area contributed by atoms with E-state index >= 15 is 0 Å². The van der Waals surface area contributed by atoms with E-state index in [0.29, 0.717) is 37.5 Å². The number of hydrogen-bond acceptors (Lipinski definition) is 3. The van der Waals surface area contributed by atoms with E-state index in [9.17, 15) is 4.79 Å². The molecule has 4 rings (SSSR count). The molecule has 1 fully saturated rings. The van der Waals surface area contributed by atoms with Crippen molar-refractivity contribution in [3.63, 3.8) is 0 Å². The monoisotopic (exact) mass is 373 g/mol. The number of amides is 1. The summed E-state index contributed by atoms with van der Waals surface area (Å²) in [7, 11) is 0. The van der Waals surface area contributed by atoms with Crippen molar-refractivity contribution in [3.05, 3.63) is 90.5 Å². The number of nitrogens with one attached hydrogen (secondary N) is 1. The second-order valence-electron chi connectivity index (χ2n) is 6.93. The minimum absolute atomic E-state index is 0.0221. The van der Waals surface area contributed by atoms with E-state index in [1.54, 1.807) is 0 Å². The zero-order chi connectivity index (χ0) is 19.2. The van der Waals surface area contributed by atoms with Crippen molar-refractivity contribution in [1.82, 2.24) is 0 Å². The summed E-state index contributed by atoms with van der Waals surface area (Å²) in [5.74, 6) is 1.33. The Morgan fingerprint density at radius 2 is 1.43 bits per heavy atom. The molecule has 1 aliphatic rings. The van der Waals surface area contributed by atoms with E-state index in [1.165, 1.54) is 0 Å². The minimum atomic E-state index is -0.598. The summed E-state index contributed by atoms with van der Waals surface area (Å²) in [4.78, 5) is 13.5. The van der Waals surface area contributed by atoms with Gasteiger partial charge in [0, 0.05) is 13.2 Å². The Bertz CT molecular complexity index is 919. The first-order valence-electron chi connectivity index (χ1n) is 9.55. The highest BCUT2D eigenvalue weighted by atomic mass is 16.5. The topological polar surface area (TPSA) is 47.6 Å². The zero-order valence-electron chi connectivity index (χ0n) is 15.6. The van der Waals surface area contributed by atoms with Gasteiger partial charge < -0.3 is 14.8 Å². The molecule has 1 aliphatic heterocycles. The summed E-state index contributed by atoms with van der Waals surface area (Å²) in [5, 5.41) is 3.12. The Kier molecular flexibility index (Phi) is 5.40. The molecule has 0 spiro atoms. The second kappa shape index (κ2) is 8.28. The minimum Gasteiger partial charge on any atom is -0.455 e. The average molecular weight is 373 g/mol. The molecular formula is C24H23NO3. The fraction of sp³-hybridized carbons (Fsp3) is 0.208. The Balaban J connectivity index is 1.62. The van der Waals surface area contributed by atoms with Crippen molar-refractivity contribution in [3.8, 4) is 11.5 Å². The largest absolute Gasteiger partial charge is 0.455 e. The Labute approximate surface area is 165 Å². The van der Waals surface area contributed by atoms with E-state index < -0.39 is 5.41 Å². The van der Waals surface area contributed by atoms with Gasteiger partial charge in [-0.25, -0.2) is 0 Å². The van der Waals surface area contributed by atoms with Gasteiger partial charge >= 0.3 is 0 Å². The van der Waals surface area contributed by atoms with Crippen LogP contribution in [-0.2, 0) is 14.9 Å². The summed E-state index contributed by atoms with van der Waals surface area (Å²) in [6, 6.07) is 27.1. The van der Waals surface area contributed by atoms with Crippen LogP contribution in [0.5, 0.6) is 11.5 Å².